The zero-order chi connectivity index (χ0) is 8.65. The largest absolute Gasteiger partial charge is 0.264 e. The quantitative estimate of drug-likeness (QED) is 0.517. The van der Waals surface area contributed by atoms with Crippen LogP contribution in [-0.4, -0.2) is 17.3 Å². The average Bonchev–Trinajstić information content (AvgIpc) is 2.14. The molecule has 1 aromatic rings. The molecule has 3 heteroatoms. The van der Waals surface area contributed by atoms with E-state index < -0.39 is 0 Å². The van der Waals surface area contributed by atoms with E-state index in [1.807, 2.05) is 18.3 Å². The number of pyridine rings is 1. The Kier molecular flexibility index (Phi) is 4.80. The van der Waals surface area contributed by atoms with Crippen LogP contribution in [0.4, 0.5) is 0 Å². The highest BCUT2D eigenvalue weighted by Gasteiger charge is 1.92. The molecule has 0 aliphatic carbocycles. The maximum absolute atomic E-state index is 10.1. The van der Waals surface area contributed by atoms with Crippen molar-refractivity contribution in [3.8, 4) is 0 Å². The fourth-order valence-electron chi connectivity index (χ4n) is 0.827. The first-order chi connectivity index (χ1) is 5.93. The second-order valence-corrected chi connectivity index (χ2v) is 3.62. The highest BCUT2D eigenvalue weighted by Crippen LogP contribution is 2.16. The minimum absolute atomic E-state index is 0.0492. The molecular formula is C9H12NOS. The standard InChI is InChI=1S/C9H12NOS/c11-6-1-2-7-12-9-4-3-5-10-8-9/h3-5,8H,1-2,6-7H2. The molecule has 0 unspecified atom stereocenters. The molecular weight excluding hydrogens is 170 g/mol. The topological polar surface area (TPSA) is 32.8 Å². The molecule has 0 fully saturated rings. The van der Waals surface area contributed by atoms with Crippen LogP contribution in [0.15, 0.2) is 29.4 Å². The van der Waals surface area contributed by atoms with Gasteiger partial charge in [-0.3, -0.25) is 4.98 Å². The summed E-state index contributed by atoms with van der Waals surface area (Å²) in [5.74, 6) is 1.02. The van der Waals surface area contributed by atoms with Gasteiger partial charge in [0.2, 0.25) is 0 Å². The first-order valence-electron chi connectivity index (χ1n) is 4.04. The molecule has 0 bridgehead atoms. The average molecular weight is 182 g/mol. The van der Waals surface area contributed by atoms with Gasteiger partial charge in [-0.15, -0.1) is 11.8 Å². The zero-order valence-corrected chi connectivity index (χ0v) is 7.72. The van der Waals surface area contributed by atoms with Crippen molar-refractivity contribution < 1.29 is 5.11 Å². The predicted molar refractivity (Wildman–Crippen MR) is 49.7 cm³/mol. The number of thioether (sulfide) groups is 1. The normalized spacial score (nSPS) is 10.1. The first kappa shape index (κ1) is 9.55. The molecule has 1 radical (unpaired) electrons. The van der Waals surface area contributed by atoms with E-state index in [0.717, 1.165) is 18.6 Å². The van der Waals surface area contributed by atoms with Crippen LogP contribution in [0.25, 0.3) is 0 Å². The van der Waals surface area contributed by atoms with Gasteiger partial charge in [0.05, 0.1) is 6.61 Å². The van der Waals surface area contributed by atoms with Crippen molar-refractivity contribution in [3.05, 3.63) is 24.5 Å². The van der Waals surface area contributed by atoms with Crippen LogP contribution >= 0.6 is 11.8 Å². The van der Waals surface area contributed by atoms with Crippen LogP contribution in [0, 0.1) is 0 Å². The second kappa shape index (κ2) is 6.03. The molecule has 65 valence electrons. The van der Waals surface area contributed by atoms with Crippen LogP contribution in [-0.2, 0) is 5.11 Å². The Morgan fingerprint density at radius 1 is 1.42 bits per heavy atom. The molecule has 0 aromatic carbocycles. The lowest BCUT2D eigenvalue weighted by Gasteiger charge is -1.98. The molecule has 0 amide bonds. The van der Waals surface area contributed by atoms with Crippen molar-refractivity contribution in [3.63, 3.8) is 0 Å². The molecule has 0 saturated carbocycles. The summed E-state index contributed by atoms with van der Waals surface area (Å²) in [7, 11) is 0. The van der Waals surface area contributed by atoms with Crippen LogP contribution in [0.1, 0.15) is 12.8 Å². The molecule has 0 aliphatic heterocycles. The van der Waals surface area contributed by atoms with Gasteiger partial charge in [-0.1, -0.05) is 0 Å². The lowest BCUT2D eigenvalue weighted by Crippen LogP contribution is -1.84. The second-order valence-electron chi connectivity index (χ2n) is 2.45. The number of nitrogens with zero attached hydrogens (tertiary/aromatic N) is 1. The molecule has 0 aliphatic rings. The van der Waals surface area contributed by atoms with Crippen molar-refractivity contribution >= 4 is 11.8 Å². The molecule has 1 rings (SSSR count). The van der Waals surface area contributed by atoms with Gasteiger partial charge in [0.25, 0.3) is 0 Å². The molecule has 12 heavy (non-hydrogen) atoms. The van der Waals surface area contributed by atoms with E-state index in [-0.39, 0.29) is 6.61 Å². The summed E-state index contributed by atoms with van der Waals surface area (Å²) < 4.78 is 0. The molecule has 0 N–H and O–H groups in total. The van der Waals surface area contributed by atoms with Gasteiger partial charge >= 0.3 is 0 Å². The number of unbranched alkanes of at least 4 members (excludes halogenated alkanes) is 1. The monoisotopic (exact) mass is 182 g/mol. The lowest BCUT2D eigenvalue weighted by molar-refractivity contribution is 0.188. The van der Waals surface area contributed by atoms with Gasteiger partial charge in [0, 0.05) is 17.3 Å². The predicted octanol–water partition coefficient (Wildman–Crippen LogP) is 2.38. The summed E-state index contributed by atoms with van der Waals surface area (Å²) in [5, 5.41) is 10.1. The summed E-state index contributed by atoms with van der Waals surface area (Å²) in [6.45, 7) is 0.0492. The lowest BCUT2D eigenvalue weighted by atomic mass is 10.4. The van der Waals surface area contributed by atoms with Crippen molar-refractivity contribution in [2.45, 2.75) is 17.7 Å². The Balaban J connectivity index is 2.16. The third-order valence-corrected chi connectivity index (χ3v) is 2.51. The Bertz CT molecular complexity index is 203. The highest BCUT2D eigenvalue weighted by atomic mass is 32.2. The van der Waals surface area contributed by atoms with Gasteiger partial charge in [-0.25, -0.2) is 5.11 Å². The number of hydrogen-bond donors (Lipinski definition) is 0. The maximum Gasteiger partial charge on any atom is 0.0822 e. The smallest absolute Gasteiger partial charge is 0.0822 e. The summed E-state index contributed by atoms with van der Waals surface area (Å²) in [4.78, 5) is 5.18. The fourth-order valence-corrected chi connectivity index (χ4v) is 1.72. The van der Waals surface area contributed by atoms with Crippen molar-refractivity contribution in [2.24, 2.45) is 0 Å². The Hall–Kier alpha value is -0.540. The third kappa shape index (κ3) is 3.74. The summed E-state index contributed by atoms with van der Waals surface area (Å²) in [5.41, 5.74) is 0. The molecule has 0 atom stereocenters. The van der Waals surface area contributed by atoms with E-state index in [1.54, 1.807) is 18.0 Å². The summed E-state index contributed by atoms with van der Waals surface area (Å²) in [6, 6.07) is 3.96. The SMILES string of the molecule is [O]CCCCSc1cccnc1. The van der Waals surface area contributed by atoms with Crippen LogP contribution in [0.2, 0.25) is 0 Å². The van der Waals surface area contributed by atoms with E-state index in [0.29, 0.717) is 0 Å². The molecule has 0 spiro atoms. The first-order valence-corrected chi connectivity index (χ1v) is 5.03. The third-order valence-electron chi connectivity index (χ3n) is 1.44. The molecule has 1 heterocycles. The van der Waals surface area contributed by atoms with E-state index in [2.05, 4.69) is 4.98 Å². The number of aromatic nitrogens is 1. The van der Waals surface area contributed by atoms with E-state index in [4.69, 9.17) is 0 Å². The number of rotatable bonds is 5. The van der Waals surface area contributed by atoms with Crippen LogP contribution < -0.4 is 0 Å². The molecule has 2 nitrogen and oxygen atoms in total. The van der Waals surface area contributed by atoms with Gasteiger partial charge in [-0.05, 0) is 30.7 Å². The van der Waals surface area contributed by atoms with Crippen LogP contribution in [0.3, 0.4) is 0 Å². The Labute approximate surface area is 77.0 Å². The van der Waals surface area contributed by atoms with Gasteiger partial charge in [-0.2, -0.15) is 0 Å². The maximum atomic E-state index is 10.1. The Morgan fingerprint density at radius 3 is 3.00 bits per heavy atom. The molecule has 1 aromatic heterocycles. The van der Waals surface area contributed by atoms with Crippen LogP contribution in [0.5, 0.6) is 0 Å². The van der Waals surface area contributed by atoms with Crippen molar-refractivity contribution in [1.29, 1.82) is 0 Å². The van der Waals surface area contributed by atoms with Gasteiger partial charge in [0.15, 0.2) is 0 Å². The van der Waals surface area contributed by atoms with Crippen molar-refractivity contribution in [2.75, 3.05) is 12.4 Å². The van der Waals surface area contributed by atoms with Crippen molar-refractivity contribution in [1.82, 2.24) is 4.98 Å². The van der Waals surface area contributed by atoms with E-state index >= 15 is 0 Å². The van der Waals surface area contributed by atoms with Gasteiger partial charge < -0.3 is 0 Å². The highest BCUT2D eigenvalue weighted by molar-refractivity contribution is 7.99. The van der Waals surface area contributed by atoms with Gasteiger partial charge in [0.1, 0.15) is 0 Å². The minimum Gasteiger partial charge on any atom is -0.264 e. The summed E-state index contributed by atoms with van der Waals surface area (Å²) in [6.07, 6.45) is 5.40. The number of hydrogen-bond acceptors (Lipinski definition) is 2. The molecule has 0 saturated heterocycles. The Morgan fingerprint density at radius 2 is 2.33 bits per heavy atom. The summed E-state index contributed by atoms with van der Waals surface area (Å²) >= 11 is 1.76. The fraction of sp³-hybridized carbons (Fsp3) is 0.444. The minimum atomic E-state index is 0.0492. The van der Waals surface area contributed by atoms with E-state index in [1.165, 1.54) is 4.90 Å². The zero-order valence-electron chi connectivity index (χ0n) is 6.90. The van der Waals surface area contributed by atoms with E-state index in [9.17, 15) is 5.11 Å².